The summed E-state index contributed by atoms with van der Waals surface area (Å²) < 4.78 is 10.9. The van der Waals surface area contributed by atoms with E-state index in [1.54, 1.807) is 11.3 Å². The first kappa shape index (κ1) is 16.5. The van der Waals surface area contributed by atoms with Gasteiger partial charge in [0, 0.05) is 25.0 Å². The number of aromatic nitrogens is 3. The smallest absolute Gasteiger partial charge is 0.226 e. The van der Waals surface area contributed by atoms with Crippen molar-refractivity contribution in [1.82, 2.24) is 20.0 Å². The van der Waals surface area contributed by atoms with E-state index in [-0.39, 0.29) is 12.1 Å². The summed E-state index contributed by atoms with van der Waals surface area (Å²) in [6, 6.07) is 0.244. The van der Waals surface area contributed by atoms with Crippen molar-refractivity contribution in [3.05, 3.63) is 27.8 Å². The molecule has 1 aliphatic heterocycles. The average molecular weight is 336 g/mol. The van der Waals surface area contributed by atoms with Gasteiger partial charge in [0.15, 0.2) is 5.82 Å². The highest BCUT2D eigenvalue weighted by Gasteiger charge is 2.30. The molecule has 0 amide bonds. The Labute approximate surface area is 140 Å². The molecule has 1 saturated heterocycles. The van der Waals surface area contributed by atoms with Crippen molar-refractivity contribution < 1.29 is 9.26 Å². The lowest BCUT2D eigenvalue weighted by molar-refractivity contribution is 0.0760. The minimum absolute atomic E-state index is 0.0671. The highest BCUT2D eigenvalue weighted by molar-refractivity contribution is 7.09. The van der Waals surface area contributed by atoms with Gasteiger partial charge in [0.1, 0.15) is 11.1 Å². The van der Waals surface area contributed by atoms with Gasteiger partial charge in [0.05, 0.1) is 11.7 Å². The molecule has 0 spiro atoms. The molecule has 23 heavy (non-hydrogen) atoms. The molecule has 3 rings (SSSR count). The van der Waals surface area contributed by atoms with E-state index < -0.39 is 0 Å². The minimum atomic E-state index is 0.0671. The van der Waals surface area contributed by atoms with Crippen molar-refractivity contribution in [1.29, 1.82) is 0 Å². The average Bonchev–Trinajstić information content (AvgIpc) is 3.27. The van der Waals surface area contributed by atoms with Crippen molar-refractivity contribution in [2.24, 2.45) is 0 Å². The largest absolute Gasteiger partial charge is 0.372 e. The standard InChI is InChI=1S/C16H24N4O2S/c1-4-14-18-15(19-22-14)13-7-6-8-20(13)9-12-10-23-16(17-12)11(3)21-5-2/h10-11,13H,4-9H2,1-3H3/t11-,13-/m0/s1. The van der Waals surface area contributed by atoms with E-state index in [0.717, 1.165) is 48.9 Å². The Morgan fingerprint density at radius 3 is 3.04 bits per heavy atom. The second-order valence-corrected chi connectivity index (χ2v) is 6.69. The lowest BCUT2D eigenvalue weighted by atomic mass is 10.2. The fourth-order valence-electron chi connectivity index (χ4n) is 2.97. The van der Waals surface area contributed by atoms with E-state index in [2.05, 4.69) is 27.3 Å². The van der Waals surface area contributed by atoms with Crippen LogP contribution in [0.15, 0.2) is 9.90 Å². The molecule has 126 valence electrons. The normalized spacial score (nSPS) is 20.2. The van der Waals surface area contributed by atoms with Crippen LogP contribution in [0.3, 0.4) is 0 Å². The number of aryl methyl sites for hydroxylation is 1. The minimum Gasteiger partial charge on any atom is -0.372 e. The van der Waals surface area contributed by atoms with E-state index in [9.17, 15) is 0 Å². The summed E-state index contributed by atoms with van der Waals surface area (Å²) in [6.07, 6.45) is 3.09. The van der Waals surface area contributed by atoms with Crippen LogP contribution in [0.2, 0.25) is 0 Å². The van der Waals surface area contributed by atoms with Crippen LogP contribution < -0.4 is 0 Å². The van der Waals surface area contributed by atoms with Gasteiger partial charge in [-0.3, -0.25) is 4.90 Å². The van der Waals surface area contributed by atoms with Gasteiger partial charge in [-0.2, -0.15) is 4.98 Å². The number of rotatable bonds is 7. The quantitative estimate of drug-likeness (QED) is 0.771. The van der Waals surface area contributed by atoms with Crippen LogP contribution in [0.1, 0.15) is 68.2 Å². The zero-order valence-electron chi connectivity index (χ0n) is 14.0. The molecular weight excluding hydrogens is 312 g/mol. The van der Waals surface area contributed by atoms with Crippen LogP contribution in [0.25, 0.3) is 0 Å². The van der Waals surface area contributed by atoms with E-state index in [1.807, 2.05) is 13.8 Å². The van der Waals surface area contributed by atoms with Crippen molar-refractivity contribution in [3.63, 3.8) is 0 Å². The van der Waals surface area contributed by atoms with Crippen LogP contribution >= 0.6 is 11.3 Å². The summed E-state index contributed by atoms with van der Waals surface area (Å²) in [6.45, 7) is 8.68. The molecule has 2 aromatic rings. The zero-order valence-corrected chi connectivity index (χ0v) is 14.8. The highest BCUT2D eigenvalue weighted by Crippen LogP contribution is 2.32. The fourth-order valence-corrected chi connectivity index (χ4v) is 3.78. The molecule has 0 bridgehead atoms. The van der Waals surface area contributed by atoms with Gasteiger partial charge in [-0.25, -0.2) is 4.98 Å². The van der Waals surface area contributed by atoms with Gasteiger partial charge in [-0.1, -0.05) is 12.1 Å². The Morgan fingerprint density at radius 2 is 2.30 bits per heavy atom. The Bertz CT molecular complexity index is 627. The summed E-state index contributed by atoms with van der Waals surface area (Å²) >= 11 is 1.67. The van der Waals surface area contributed by atoms with Crippen LogP contribution in [0.4, 0.5) is 0 Å². The van der Waals surface area contributed by atoms with E-state index >= 15 is 0 Å². The van der Waals surface area contributed by atoms with Gasteiger partial charge in [0.2, 0.25) is 5.89 Å². The maximum absolute atomic E-state index is 5.62. The van der Waals surface area contributed by atoms with Gasteiger partial charge in [-0.15, -0.1) is 11.3 Å². The van der Waals surface area contributed by atoms with Crippen LogP contribution in [-0.2, 0) is 17.7 Å². The summed E-state index contributed by atoms with van der Waals surface area (Å²) in [4.78, 5) is 11.6. The van der Waals surface area contributed by atoms with E-state index in [0.29, 0.717) is 12.5 Å². The Kier molecular flexibility index (Phi) is 5.40. The number of hydrogen-bond acceptors (Lipinski definition) is 7. The zero-order chi connectivity index (χ0) is 16.2. The third-order valence-corrected chi connectivity index (χ3v) is 5.20. The van der Waals surface area contributed by atoms with Crippen molar-refractivity contribution >= 4 is 11.3 Å². The highest BCUT2D eigenvalue weighted by atomic mass is 32.1. The fraction of sp³-hybridized carbons (Fsp3) is 0.688. The van der Waals surface area contributed by atoms with Crippen LogP contribution in [0, 0.1) is 0 Å². The molecule has 0 N–H and O–H groups in total. The molecule has 2 atom stereocenters. The molecular formula is C16H24N4O2S. The Balaban J connectivity index is 1.66. The SMILES string of the molecule is CCO[C@@H](C)c1nc(CN2CCC[C@H]2c2noc(CC)n2)cs1. The molecule has 7 heteroatoms. The first-order valence-corrected chi connectivity index (χ1v) is 9.21. The summed E-state index contributed by atoms with van der Waals surface area (Å²) in [5, 5.41) is 7.33. The molecule has 0 unspecified atom stereocenters. The van der Waals surface area contributed by atoms with Crippen molar-refractivity contribution in [2.75, 3.05) is 13.2 Å². The Morgan fingerprint density at radius 1 is 1.43 bits per heavy atom. The Hall–Kier alpha value is -1.31. The second kappa shape index (κ2) is 7.51. The summed E-state index contributed by atoms with van der Waals surface area (Å²) in [5.41, 5.74) is 1.10. The van der Waals surface area contributed by atoms with Gasteiger partial charge >= 0.3 is 0 Å². The molecule has 2 aromatic heterocycles. The van der Waals surface area contributed by atoms with E-state index in [1.165, 1.54) is 0 Å². The van der Waals surface area contributed by atoms with Gasteiger partial charge in [0.25, 0.3) is 0 Å². The number of nitrogens with zero attached hydrogens (tertiary/aromatic N) is 4. The summed E-state index contributed by atoms with van der Waals surface area (Å²) in [5.74, 6) is 1.53. The maximum atomic E-state index is 5.62. The van der Waals surface area contributed by atoms with Crippen LogP contribution in [0.5, 0.6) is 0 Å². The van der Waals surface area contributed by atoms with Gasteiger partial charge in [-0.05, 0) is 33.2 Å². The molecule has 1 fully saturated rings. The van der Waals surface area contributed by atoms with Crippen molar-refractivity contribution in [2.45, 2.75) is 58.7 Å². The van der Waals surface area contributed by atoms with E-state index in [4.69, 9.17) is 14.2 Å². The van der Waals surface area contributed by atoms with Gasteiger partial charge < -0.3 is 9.26 Å². The maximum Gasteiger partial charge on any atom is 0.226 e. The third kappa shape index (κ3) is 3.79. The molecule has 6 nitrogen and oxygen atoms in total. The van der Waals surface area contributed by atoms with Crippen molar-refractivity contribution in [3.8, 4) is 0 Å². The third-order valence-electron chi connectivity index (χ3n) is 4.15. The van der Waals surface area contributed by atoms with Crippen LogP contribution in [-0.4, -0.2) is 33.2 Å². The predicted molar refractivity (Wildman–Crippen MR) is 88.2 cm³/mol. The molecule has 0 saturated carbocycles. The molecule has 0 radical (unpaired) electrons. The first-order valence-electron chi connectivity index (χ1n) is 8.33. The summed E-state index contributed by atoms with van der Waals surface area (Å²) in [7, 11) is 0. The molecule has 3 heterocycles. The molecule has 1 aliphatic rings. The molecule has 0 aliphatic carbocycles. The number of ether oxygens (including phenoxy) is 1. The monoisotopic (exact) mass is 336 g/mol. The second-order valence-electron chi connectivity index (χ2n) is 5.80. The lowest BCUT2D eigenvalue weighted by Gasteiger charge is -2.20. The topological polar surface area (TPSA) is 64.3 Å². The number of likely N-dealkylation sites (tertiary alicyclic amines) is 1. The first-order chi connectivity index (χ1) is 11.2. The number of hydrogen-bond donors (Lipinski definition) is 0. The molecule has 0 aromatic carbocycles. The number of thiazole rings is 1. The predicted octanol–water partition coefficient (Wildman–Crippen LogP) is 3.52. The lowest BCUT2D eigenvalue weighted by Crippen LogP contribution is -2.23.